The summed E-state index contributed by atoms with van der Waals surface area (Å²) in [5.74, 6) is 0. The maximum Gasteiger partial charge on any atom is 0.301 e. The topological polar surface area (TPSA) is 71.8 Å². The van der Waals surface area contributed by atoms with Gasteiger partial charge in [0.1, 0.15) is 15.4 Å². The maximum atomic E-state index is 10.5. The Bertz CT molecular complexity index is 480. The molecule has 0 fully saturated rings. The Kier molecular flexibility index (Phi) is 1.91. The van der Waals surface area contributed by atoms with Gasteiger partial charge in [0.15, 0.2) is 0 Å². The van der Waals surface area contributed by atoms with Crippen LogP contribution in [0, 0.1) is 13.7 Å². The normalized spacial score (nSPS) is 10.5. The number of hydrogen-bond donors (Lipinski definition) is 1. The molecular formula is C7H4IN3O2. The predicted molar refractivity (Wildman–Crippen MR) is 55.5 cm³/mol. The number of nitrogens with one attached hydrogen (secondary N) is 1. The van der Waals surface area contributed by atoms with Crippen LogP contribution < -0.4 is 0 Å². The van der Waals surface area contributed by atoms with Crippen LogP contribution >= 0.6 is 22.6 Å². The molecule has 0 aliphatic heterocycles. The number of H-pyrrole nitrogens is 1. The first-order valence-corrected chi connectivity index (χ1v) is 4.54. The third-order valence-corrected chi connectivity index (χ3v) is 2.83. The molecule has 0 radical (unpaired) electrons. The summed E-state index contributed by atoms with van der Waals surface area (Å²) in [5.41, 5.74) is 0.725. The Morgan fingerprint density at radius 3 is 3.08 bits per heavy atom. The zero-order chi connectivity index (χ0) is 9.42. The van der Waals surface area contributed by atoms with E-state index in [1.807, 2.05) is 22.6 Å². The molecule has 1 N–H and O–H groups in total. The first-order chi connectivity index (χ1) is 6.20. The van der Waals surface area contributed by atoms with Crippen molar-refractivity contribution in [3.8, 4) is 0 Å². The van der Waals surface area contributed by atoms with Crippen LogP contribution in [-0.2, 0) is 0 Å². The quantitative estimate of drug-likeness (QED) is 0.496. The standard InChI is InChI=1S/C7H4IN3O2/c8-6-4-1-2-9-7(4)10-3-5(6)11(12)13/h1-3H,(H,9,10). The monoisotopic (exact) mass is 289 g/mol. The van der Waals surface area contributed by atoms with Gasteiger partial charge >= 0.3 is 5.69 Å². The Hall–Kier alpha value is -1.18. The molecule has 2 aromatic heterocycles. The van der Waals surface area contributed by atoms with Crippen LogP contribution in [0.1, 0.15) is 0 Å². The molecule has 2 aromatic rings. The molecule has 6 heteroatoms. The number of pyridine rings is 1. The fourth-order valence-electron chi connectivity index (χ4n) is 1.09. The summed E-state index contributed by atoms with van der Waals surface area (Å²) in [6.07, 6.45) is 2.98. The van der Waals surface area contributed by atoms with Crippen molar-refractivity contribution in [2.24, 2.45) is 0 Å². The van der Waals surface area contributed by atoms with Crippen molar-refractivity contribution in [1.29, 1.82) is 0 Å². The van der Waals surface area contributed by atoms with Gasteiger partial charge in [-0.05, 0) is 28.7 Å². The molecule has 0 bridgehead atoms. The fraction of sp³-hybridized carbons (Fsp3) is 0. The number of nitrogens with zero attached hydrogens (tertiary/aromatic N) is 2. The first kappa shape index (κ1) is 8.42. The first-order valence-electron chi connectivity index (χ1n) is 3.46. The van der Waals surface area contributed by atoms with E-state index < -0.39 is 4.92 Å². The second kappa shape index (κ2) is 2.95. The van der Waals surface area contributed by atoms with E-state index in [0.717, 1.165) is 5.39 Å². The Labute approximate surface area is 86.5 Å². The summed E-state index contributed by atoms with van der Waals surface area (Å²) in [6.45, 7) is 0. The lowest BCUT2D eigenvalue weighted by atomic mass is 10.3. The smallest absolute Gasteiger partial charge is 0.301 e. The minimum Gasteiger partial charge on any atom is -0.346 e. The molecule has 5 nitrogen and oxygen atoms in total. The van der Waals surface area contributed by atoms with Crippen molar-refractivity contribution in [3.05, 3.63) is 32.1 Å². The molecule has 0 saturated carbocycles. The van der Waals surface area contributed by atoms with Gasteiger partial charge in [-0.15, -0.1) is 0 Å². The lowest BCUT2D eigenvalue weighted by Gasteiger charge is -1.95. The number of hydrogen-bond acceptors (Lipinski definition) is 3. The SMILES string of the molecule is O=[N+]([O-])c1cnc2[nH]ccc2c1I. The lowest BCUT2D eigenvalue weighted by Crippen LogP contribution is -1.93. The summed E-state index contributed by atoms with van der Waals surface area (Å²) in [6, 6.07) is 1.77. The van der Waals surface area contributed by atoms with Crippen LogP contribution in [-0.4, -0.2) is 14.9 Å². The van der Waals surface area contributed by atoms with Crippen molar-refractivity contribution in [3.63, 3.8) is 0 Å². The van der Waals surface area contributed by atoms with Crippen LogP contribution in [0.2, 0.25) is 0 Å². The minimum absolute atomic E-state index is 0.0488. The van der Waals surface area contributed by atoms with Gasteiger partial charge in [-0.2, -0.15) is 0 Å². The molecular weight excluding hydrogens is 285 g/mol. The highest BCUT2D eigenvalue weighted by molar-refractivity contribution is 14.1. The molecule has 0 spiro atoms. The van der Waals surface area contributed by atoms with Crippen molar-refractivity contribution in [2.45, 2.75) is 0 Å². The third-order valence-electron chi connectivity index (χ3n) is 1.70. The van der Waals surface area contributed by atoms with E-state index in [1.165, 1.54) is 6.20 Å². The number of halogens is 1. The second-order valence-electron chi connectivity index (χ2n) is 2.45. The molecule has 0 aromatic carbocycles. The number of nitro groups is 1. The van der Waals surface area contributed by atoms with Gasteiger partial charge in [-0.1, -0.05) is 0 Å². The van der Waals surface area contributed by atoms with Gasteiger partial charge in [0, 0.05) is 11.6 Å². The predicted octanol–water partition coefficient (Wildman–Crippen LogP) is 2.08. The van der Waals surface area contributed by atoms with Crippen LogP contribution in [0.4, 0.5) is 5.69 Å². The Balaban J connectivity index is 2.80. The highest BCUT2D eigenvalue weighted by Crippen LogP contribution is 2.26. The highest BCUT2D eigenvalue weighted by Gasteiger charge is 2.15. The molecule has 0 amide bonds. The summed E-state index contributed by atoms with van der Waals surface area (Å²) in [4.78, 5) is 16.9. The largest absolute Gasteiger partial charge is 0.346 e. The lowest BCUT2D eigenvalue weighted by molar-refractivity contribution is -0.386. The number of aromatic amines is 1. The van der Waals surface area contributed by atoms with E-state index in [1.54, 1.807) is 12.3 Å². The van der Waals surface area contributed by atoms with E-state index in [9.17, 15) is 10.1 Å². The highest BCUT2D eigenvalue weighted by atomic mass is 127. The van der Waals surface area contributed by atoms with Gasteiger partial charge < -0.3 is 4.98 Å². The average molecular weight is 289 g/mol. The van der Waals surface area contributed by atoms with E-state index in [2.05, 4.69) is 9.97 Å². The number of aromatic nitrogens is 2. The molecule has 2 rings (SSSR count). The van der Waals surface area contributed by atoms with E-state index in [0.29, 0.717) is 9.22 Å². The van der Waals surface area contributed by atoms with Gasteiger partial charge in [0.05, 0.1) is 4.92 Å². The Morgan fingerprint density at radius 1 is 1.62 bits per heavy atom. The van der Waals surface area contributed by atoms with Gasteiger partial charge in [0.25, 0.3) is 0 Å². The van der Waals surface area contributed by atoms with Crippen molar-refractivity contribution < 1.29 is 4.92 Å². The molecule has 0 aliphatic rings. The van der Waals surface area contributed by atoms with E-state index in [-0.39, 0.29) is 5.69 Å². The molecule has 0 unspecified atom stereocenters. The third kappa shape index (κ3) is 1.26. The minimum atomic E-state index is -0.429. The fourth-order valence-corrected chi connectivity index (χ4v) is 1.86. The maximum absolute atomic E-state index is 10.5. The zero-order valence-electron chi connectivity index (χ0n) is 6.32. The summed E-state index contributed by atoms with van der Waals surface area (Å²) < 4.78 is 0.619. The van der Waals surface area contributed by atoms with Gasteiger partial charge in [-0.3, -0.25) is 10.1 Å². The molecule has 13 heavy (non-hydrogen) atoms. The molecule has 0 atom stereocenters. The molecule has 0 saturated heterocycles. The van der Waals surface area contributed by atoms with Crippen molar-refractivity contribution >= 4 is 39.3 Å². The zero-order valence-corrected chi connectivity index (χ0v) is 8.48. The second-order valence-corrected chi connectivity index (χ2v) is 3.53. The summed E-state index contributed by atoms with van der Waals surface area (Å²) >= 11 is 1.95. The Morgan fingerprint density at radius 2 is 2.38 bits per heavy atom. The molecule has 0 aliphatic carbocycles. The summed E-state index contributed by atoms with van der Waals surface area (Å²) in [7, 11) is 0. The van der Waals surface area contributed by atoms with Gasteiger partial charge in [0.2, 0.25) is 0 Å². The van der Waals surface area contributed by atoms with E-state index in [4.69, 9.17) is 0 Å². The summed E-state index contributed by atoms with van der Waals surface area (Å²) in [5, 5.41) is 11.3. The van der Waals surface area contributed by atoms with Crippen LogP contribution in [0.3, 0.4) is 0 Å². The van der Waals surface area contributed by atoms with Crippen molar-refractivity contribution in [1.82, 2.24) is 9.97 Å². The van der Waals surface area contributed by atoms with Gasteiger partial charge in [-0.25, -0.2) is 4.98 Å². The van der Waals surface area contributed by atoms with Crippen LogP contribution in [0.25, 0.3) is 11.0 Å². The average Bonchev–Trinajstić information content (AvgIpc) is 2.52. The van der Waals surface area contributed by atoms with Crippen molar-refractivity contribution in [2.75, 3.05) is 0 Å². The number of rotatable bonds is 1. The van der Waals surface area contributed by atoms with Crippen LogP contribution in [0.5, 0.6) is 0 Å². The number of fused-ring (bicyclic) bond motifs is 1. The van der Waals surface area contributed by atoms with Crippen LogP contribution in [0.15, 0.2) is 18.5 Å². The van der Waals surface area contributed by atoms with E-state index >= 15 is 0 Å². The molecule has 2 heterocycles. The molecule has 66 valence electrons.